The van der Waals surface area contributed by atoms with Crippen LogP contribution in [0.2, 0.25) is 0 Å². The monoisotopic (exact) mass is 285 g/mol. The lowest BCUT2D eigenvalue weighted by atomic mass is 9.96. The van der Waals surface area contributed by atoms with Gasteiger partial charge in [0.15, 0.2) is 0 Å². The van der Waals surface area contributed by atoms with Gasteiger partial charge in [0.2, 0.25) is 11.8 Å². The van der Waals surface area contributed by atoms with E-state index in [-0.39, 0.29) is 23.5 Å². The summed E-state index contributed by atoms with van der Waals surface area (Å²) in [6.45, 7) is 2.03. The number of aryl methyl sites for hydroxylation is 1. The van der Waals surface area contributed by atoms with E-state index in [9.17, 15) is 10.1 Å². The van der Waals surface area contributed by atoms with Gasteiger partial charge in [-0.15, -0.1) is 0 Å². The minimum atomic E-state index is -0.473. The molecule has 0 bridgehead atoms. The Bertz CT molecular complexity index is 704. The van der Waals surface area contributed by atoms with Crippen LogP contribution >= 0.6 is 0 Å². The van der Waals surface area contributed by atoms with Crippen LogP contribution in [-0.2, 0) is 6.42 Å². The number of fused-ring (bicyclic) bond motifs is 1. The number of aromatic nitrogens is 2. The molecule has 1 aliphatic heterocycles. The van der Waals surface area contributed by atoms with Crippen molar-refractivity contribution in [1.29, 1.82) is 0 Å². The molecule has 0 spiro atoms. The van der Waals surface area contributed by atoms with E-state index >= 15 is 0 Å². The van der Waals surface area contributed by atoms with Crippen molar-refractivity contribution in [3.05, 3.63) is 46.1 Å². The Morgan fingerprint density at radius 2 is 2.19 bits per heavy atom. The molecule has 0 fully saturated rings. The first-order chi connectivity index (χ1) is 10.1. The van der Waals surface area contributed by atoms with Crippen molar-refractivity contribution in [3.8, 4) is 0 Å². The molecule has 108 valence electrons. The lowest BCUT2D eigenvalue weighted by molar-refractivity contribution is -0.384. The van der Waals surface area contributed by atoms with Gasteiger partial charge in [0.25, 0.3) is 0 Å². The molecule has 0 saturated heterocycles. The Kier molecular flexibility index (Phi) is 3.17. The van der Waals surface area contributed by atoms with E-state index in [1.54, 1.807) is 0 Å². The molecule has 1 aromatic heterocycles. The second kappa shape index (κ2) is 5.01. The van der Waals surface area contributed by atoms with Crippen LogP contribution in [0.3, 0.4) is 0 Å². The van der Waals surface area contributed by atoms with E-state index in [0.29, 0.717) is 0 Å². The molecule has 2 aromatic rings. The van der Waals surface area contributed by atoms with Crippen molar-refractivity contribution in [3.63, 3.8) is 0 Å². The zero-order chi connectivity index (χ0) is 15.0. The summed E-state index contributed by atoms with van der Waals surface area (Å²) >= 11 is 0. The summed E-state index contributed by atoms with van der Waals surface area (Å²) in [6.07, 6.45) is 3.02. The fraction of sp³-hybridized carbons (Fsp3) is 0.286. The lowest BCUT2D eigenvalue weighted by Crippen LogP contribution is -2.34. The van der Waals surface area contributed by atoms with Crippen molar-refractivity contribution in [2.75, 3.05) is 10.6 Å². The topological polar surface area (TPSA) is 98.2 Å². The van der Waals surface area contributed by atoms with E-state index in [1.165, 1.54) is 6.20 Å². The molecular formula is C14H15N5O2. The standard InChI is InChI=1S/C14H15N5O2/c1-9-6-7-10-4-2-3-5-11(10)18(9)13-12(19(20)21)8-16-14(15)17-13/h2-5,8-9H,6-7H2,1H3,(H2,15,16,17). The summed E-state index contributed by atoms with van der Waals surface area (Å²) in [7, 11) is 0. The first-order valence-corrected chi connectivity index (χ1v) is 6.72. The highest BCUT2D eigenvalue weighted by Gasteiger charge is 2.31. The minimum Gasteiger partial charge on any atom is -0.368 e. The van der Waals surface area contributed by atoms with Crippen molar-refractivity contribution < 1.29 is 4.92 Å². The number of nitro groups is 1. The van der Waals surface area contributed by atoms with E-state index < -0.39 is 4.92 Å². The van der Waals surface area contributed by atoms with Gasteiger partial charge < -0.3 is 10.6 Å². The molecule has 2 heterocycles. The van der Waals surface area contributed by atoms with E-state index in [1.807, 2.05) is 36.1 Å². The van der Waals surface area contributed by atoms with Gasteiger partial charge in [0.05, 0.1) is 4.92 Å². The molecule has 0 saturated carbocycles. The van der Waals surface area contributed by atoms with Gasteiger partial charge in [0.1, 0.15) is 6.20 Å². The SMILES string of the molecule is CC1CCc2ccccc2N1c1nc(N)ncc1[N+](=O)[O-]. The quantitative estimate of drug-likeness (QED) is 0.672. The van der Waals surface area contributed by atoms with Crippen LogP contribution in [0.1, 0.15) is 18.9 Å². The van der Waals surface area contributed by atoms with Crippen molar-refractivity contribution in [1.82, 2.24) is 9.97 Å². The number of anilines is 3. The predicted octanol–water partition coefficient (Wildman–Crippen LogP) is 2.44. The van der Waals surface area contributed by atoms with Gasteiger partial charge in [-0.25, -0.2) is 4.98 Å². The zero-order valence-electron chi connectivity index (χ0n) is 11.6. The molecule has 1 unspecified atom stereocenters. The van der Waals surface area contributed by atoms with Gasteiger partial charge in [0, 0.05) is 11.7 Å². The van der Waals surface area contributed by atoms with Crippen molar-refractivity contribution in [2.45, 2.75) is 25.8 Å². The van der Waals surface area contributed by atoms with Gasteiger partial charge >= 0.3 is 5.69 Å². The first kappa shape index (κ1) is 13.3. The number of hydrogen-bond acceptors (Lipinski definition) is 6. The zero-order valence-corrected chi connectivity index (χ0v) is 11.6. The van der Waals surface area contributed by atoms with E-state index in [4.69, 9.17) is 5.73 Å². The summed E-state index contributed by atoms with van der Waals surface area (Å²) < 4.78 is 0. The van der Waals surface area contributed by atoms with Crippen LogP contribution in [0.15, 0.2) is 30.5 Å². The third-order valence-electron chi connectivity index (χ3n) is 3.72. The Balaban J connectivity index is 2.20. The third-order valence-corrected chi connectivity index (χ3v) is 3.72. The van der Waals surface area contributed by atoms with Crippen LogP contribution in [-0.4, -0.2) is 20.9 Å². The highest BCUT2D eigenvalue weighted by Crippen LogP contribution is 2.39. The highest BCUT2D eigenvalue weighted by molar-refractivity contribution is 5.72. The summed E-state index contributed by atoms with van der Waals surface area (Å²) in [5.74, 6) is 0.290. The minimum absolute atomic E-state index is 0.0332. The molecule has 21 heavy (non-hydrogen) atoms. The van der Waals surface area contributed by atoms with Crippen LogP contribution in [0.4, 0.5) is 23.1 Å². The highest BCUT2D eigenvalue weighted by atomic mass is 16.6. The summed E-state index contributed by atoms with van der Waals surface area (Å²) in [5, 5.41) is 11.3. The number of hydrogen-bond donors (Lipinski definition) is 1. The predicted molar refractivity (Wildman–Crippen MR) is 79.5 cm³/mol. The van der Waals surface area contributed by atoms with Gasteiger partial charge in [-0.1, -0.05) is 18.2 Å². The first-order valence-electron chi connectivity index (χ1n) is 6.72. The number of nitrogens with zero attached hydrogens (tertiary/aromatic N) is 4. The average molecular weight is 285 g/mol. The molecule has 7 nitrogen and oxygen atoms in total. The van der Waals surface area contributed by atoms with Crippen LogP contribution < -0.4 is 10.6 Å². The summed E-state index contributed by atoms with van der Waals surface area (Å²) in [5.41, 5.74) is 7.59. The molecular weight excluding hydrogens is 270 g/mol. The van der Waals surface area contributed by atoms with Crippen molar-refractivity contribution in [2.24, 2.45) is 0 Å². The molecule has 7 heteroatoms. The Labute approximate surface area is 121 Å². The fourth-order valence-electron chi connectivity index (χ4n) is 2.70. The second-order valence-electron chi connectivity index (χ2n) is 5.08. The molecule has 0 radical (unpaired) electrons. The molecule has 0 amide bonds. The normalized spacial score (nSPS) is 17.4. The van der Waals surface area contributed by atoms with Crippen LogP contribution in [0.5, 0.6) is 0 Å². The number of rotatable bonds is 2. The average Bonchev–Trinajstić information content (AvgIpc) is 2.46. The summed E-state index contributed by atoms with van der Waals surface area (Å²) in [4.78, 5) is 20.5. The summed E-state index contributed by atoms with van der Waals surface area (Å²) in [6, 6.07) is 7.97. The van der Waals surface area contributed by atoms with Crippen LogP contribution in [0.25, 0.3) is 0 Å². The van der Waals surface area contributed by atoms with Gasteiger partial charge in [-0.2, -0.15) is 4.98 Å². The fourth-order valence-corrected chi connectivity index (χ4v) is 2.70. The number of para-hydroxylation sites is 1. The molecule has 1 aliphatic rings. The van der Waals surface area contributed by atoms with Gasteiger partial charge in [-0.05, 0) is 31.4 Å². The number of nitrogen functional groups attached to an aromatic ring is 1. The molecule has 3 rings (SSSR count). The largest absolute Gasteiger partial charge is 0.368 e. The molecule has 1 atom stereocenters. The Hall–Kier alpha value is -2.70. The number of benzene rings is 1. The number of nitrogens with two attached hydrogens (primary N) is 1. The molecule has 2 N–H and O–H groups in total. The third kappa shape index (κ3) is 2.26. The molecule has 0 aliphatic carbocycles. The maximum absolute atomic E-state index is 11.3. The maximum atomic E-state index is 11.3. The van der Waals surface area contributed by atoms with E-state index in [2.05, 4.69) is 9.97 Å². The Morgan fingerprint density at radius 3 is 2.95 bits per heavy atom. The van der Waals surface area contributed by atoms with Crippen molar-refractivity contribution >= 4 is 23.1 Å². The molecule has 1 aromatic carbocycles. The maximum Gasteiger partial charge on any atom is 0.330 e. The van der Waals surface area contributed by atoms with Crippen LogP contribution in [0, 0.1) is 10.1 Å². The van der Waals surface area contributed by atoms with Gasteiger partial charge in [-0.3, -0.25) is 10.1 Å². The lowest BCUT2D eigenvalue weighted by Gasteiger charge is -2.35. The second-order valence-corrected chi connectivity index (χ2v) is 5.08. The smallest absolute Gasteiger partial charge is 0.330 e. The Morgan fingerprint density at radius 1 is 1.43 bits per heavy atom. The van der Waals surface area contributed by atoms with E-state index in [0.717, 1.165) is 24.1 Å².